The molecule has 0 rings (SSSR count). The first kappa shape index (κ1) is 16.3. The first-order valence-corrected chi connectivity index (χ1v) is 5.87. The summed E-state index contributed by atoms with van der Waals surface area (Å²) >= 11 is 0. The van der Waals surface area contributed by atoms with Crippen molar-refractivity contribution in [2.75, 3.05) is 0 Å². The summed E-state index contributed by atoms with van der Waals surface area (Å²) in [6, 6.07) is -1.42. The Morgan fingerprint density at radius 2 is 1.94 bits per heavy atom. The van der Waals surface area contributed by atoms with Crippen molar-refractivity contribution in [3.8, 4) is 0 Å². The van der Waals surface area contributed by atoms with Gasteiger partial charge in [-0.3, -0.25) is 14.4 Å². The predicted octanol–water partition coefficient (Wildman–Crippen LogP) is 0.205. The van der Waals surface area contributed by atoms with Crippen molar-refractivity contribution in [1.29, 1.82) is 0 Å². The van der Waals surface area contributed by atoms with Crippen LogP contribution in [-0.4, -0.2) is 28.8 Å². The topological polar surface area (TPSA) is 123 Å². The number of primary amides is 1. The molecule has 0 fully saturated rings. The summed E-state index contributed by atoms with van der Waals surface area (Å²) in [5.74, 6) is -3.64. The molecule has 0 aromatic rings. The summed E-state index contributed by atoms with van der Waals surface area (Å²) in [6.45, 7) is 2.02. The van der Waals surface area contributed by atoms with Crippen LogP contribution in [-0.2, 0) is 14.4 Å². The summed E-state index contributed by atoms with van der Waals surface area (Å²) in [4.78, 5) is 33.3. The molecular formula is C12H20N2O4. The molecule has 0 aromatic carbocycles. The average molecular weight is 256 g/mol. The number of carbonyl (C=O) groups is 3. The quantitative estimate of drug-likeness (QED) is 0.401. The monoisotopic (exact) mass is 256 g/mol. The minimum absolute atomic E-state index is 0.357. The molecule has 0 heterocycles. The van der Waals surface area contributed by atoms with Gasteiger partial charge in [0, 0.05) is 6.42 Å². The number of amides is 1. The molecule has 6 nitrogen and oxygen atoms in total. The van der Waals surface area contributed by atoms with E-state index in [1.165, 1.54) is 6.08 Å². The number of rotatable bonds is 9. The van der Waals surface area contributed by atoms with Gasteiger partial charge in [0.15, 0.2) is 5.78 Å². The first-order valence-electron chi connectivity index (χ1n) is 5.87. The number of unbranched alkanes of at least 4 members (excludes halogenated alkanes) is 2. The number of hydrogen-bond acceptors (Lipinski definition) is 4. The van der Waals surface area contributed by atoms with Crippen LogP contribution in [0.5, 0.6) is 0 Å². The van der Waals surface area contributed by atoms with Gasteiger partial charge in [0.2, 0.25) is 5.91 Å². The first-order chi connectivity index (χ1) is 8.40. The lowest BCUT2D eigenvalue weighted by Crippen LogP contribution is -2.43. The Morgan fingerprint density at radius 1 is 1.33 bits per heavy atom. The van der Waals surface area contributed by atoms with Gasteiger partial charge in [-0.25, -0.2) is 0 Å². The minimum atomic E-state index is -1.42. The molecule has 18 heavy (non-hydrogen) atoms. The molecule has 0 aliphatic heterocycles. The molecule has 102 valence electrons. The molecule has 0 radical (unpaired) electrons. The fraction of sp³-hybridized carbons (Fsp3) is 0.583. The van der Waals surface area contributed by atoms with E-state index in [4.69, 9.17) is 16.6 Å². The van der Waals surface area contributed by atoms with Gasteiger partial charge in [0.05, 0.1) is 5.92 Å². The van der Waals surface area contributed by atoms with Gasteiger partial charge in [0.25, 0.3) is 0 Å². The van der Waals surface area contributed by atoms with Crippen molar-refractivity contribution in [2.45, 2.75) is 38.6 Å². The fourth-order valence-electron chi connectivity index (χ4n) is 1.44. The zero-order valence-electron chi connectivity index (χ0n) is 10.5. The van der Waals surface area contributed by atoms with E-state index < -0.39 is 29.6 Å². The zero-order valence-corrected chi connectivity index (χ0v) is 10.5. The van der Waals surface area contributed by atoms with E-state index in [0.29, 0.717) is 0 Å². The molecule has 0 bridgehead atoms. The van der Waals surface area contributed by atoms with E-state index in [2.05, 4.69) is 0 Å². The lowest BCUT2D eigenvalue weighted by atomic mass is 9.91. The van der Waals surface area contributed by atoms with E-state index in [0.717, 1.165) is 19.3 Å². The number of carbonyl (C=O) groups excluding carboxylic acids is 2. The molecule has 0 aromatic heterocycles. The van der Waals surface area contributed by atoms with Gasteiger partial charge >= 0.3 is 5.97 Å². The Kier molecular flexibility index (Phi) is 7.62. The number of hydrogen-bond donors (Lipinski definition) is 3. The van der Waals surface area contributed by atoms with Gasteiger partial charge in [-0.05, 0) is 12.5 Å². The van der Waals surface area contributed by atoms with Gasteiger partial charge < -0.3 is 16.6 Å². The number of nitrogens with two attached hydrogens (primary N) is 2. The SMILES string of the molecule is CCCCC=CC(=O)C(CC(N)=O)C(N)C(=O)O. The minimum Gasteiger partial charge on any atom is -0.480 e. The smallest absolute Gasteiger partial charge is 0.321 e. The van der Waals surface area contributed by atoms with Crippen molar-refractivity contribution in [2.24, 2.45) is 17.4 Å². The maximum absolute atomic E-state index is 11.7. The molecule has 6 heteroatoms. The summed E-state index contributed by atoms with van der Waals surface area (Å²) in [7, 11) is 0. The molecular weight excluding hydrogens is 236 g/mol. The van der Waals surface area contributed by atoms with Gasteiger partial charge in [-0.15, -0.1) is 0 Å². The maximum Gasteiger partial charge on any atom is 0.321 e. The third-order valence-corrected chi connectivity index (χ3v) is 2.51. The van der Waals surface area contributed by atoms with Crippen LogP contribution in [0.15, 0.2) is 12.2 Å². The maximum atomic E-state index is 11.7. The van der Waals surface area contributed by atoms with E-state index in [1.807, 2.05) is 6.92 Å². The molecule has 1 amide bonds. The van der Waals surface area contributed by atoms with Crippen molar-refractivity contribution < 1.29 is 19.5 Å². The van der Waals surface area contributed by atoms with Crippen molar-refractivity contribution in [3.05, 3.63) is 12.2 Å². The second-order valence-electron chi connectivity index (χ2n) is 4.09. The van der Waals surface area contributed by atoms with Crippen LogP contribution in [0.4, 0.5) is 0 Å². The Balaban J connectivity index is 4.64. The largest absolute Gasteiger partial charge is 0.480 e. The Morgan fingerprint density at radius 3 is 2.39 bits per heavy atom. The lowest BCUT2D eigenvalue weighted by Gasteiger charge is -2.16. The number of carboxylic acid groups (broad SMARTS) is 1. The lowest BCUT2D eigenvalue weighted by molar-refractivity contribution is -0.142. The average Bonchev–Trinajstić information content (AvgIpc) is 2.30. The number of ketones is 1. The second kappa shape index (κ2) is 8.41. The highest BCUT2D eigenvalue weighted by atomic mass is 16.4. The molecule has 0 spiro atoms. The van der Waals surface area contributed by atoms with Crippen LogP contribution in [0, 0.1) is 5.92 Å². The second-order valence-corrected chi connectivity index (χ2v) is 4.09. The van der Waals surface area contributed by atoms with Gasteiger partial charge in [0.1, 0.15) is 6.04 Å². The predicted molar refractivity (Wildman–Crippen MR) is 66.6 cm³/mol. The zero-order chi connectivity index (χ0) is 14.1. The Bertz CT molecular complexity index is 339. The summed E-state index contributed by atoms with van der Waals surface area (Å²) < 4.78 is 0. The van der Waals surface area contributed by atoms with Crippen LogP contribution in [0.1, 0.15) is 32.6 Å². The number of allylic oxidation sites excluding steroid dienone is 2. The van der Waals surface area contributed by atoms with Gasteiger partial charge in [-0.2, -0.15) is 0 Å². The van der Waals surface area contributed by atoms with Crippen LogP contribution in [0.2, 0.25) is 0 Å². The van der Waals surface area contributed by atoms with E-state index in [1.54, 1.807) is 6.08 Å². The van der Waals surface area contributed by atoms with Crippen molar-refractivity contribution in [1.82, 2.24) is 0 Å². The molecule has 5 N–H and O–H groups in total. The molecule has 0 aliphatic carbocycles. The van der Waals surface area contributed by atoms with Crippen LogP contribution < -0.4 is 11.5 Å². The van der Waals surface area contributed by atoms with Crippen molar-refractivity contribution >= 4 is 17.7 Å². The molecule has 0 saturated heterocycles. The third kappa shape index (κ3) is 6.15. The highest BCUT2D eigenvalue weighted by Crippen LogP contribution is 2.11. The van der Waals surface area contributed by atoms with Crippen LogP contribution >= 0.6 is 0 Å². The third-order valence-electron chi connectivity index (χ3n) is 2.51. The molecule has 0 aliphatic rings. The van der Waals surface area contributed by atoms with Crippen LogP contribution in [0.25, 0.3) is 0 Å². The van der Waals surface area contributed by atoms with E-state index in [-0.39, 0.29) is 6.42 Å². The molecule has 2 unspecified atom stereocenters. The number of aliphatic carboxylic acids is 1. The van der Waals surface area contributed by atoms with E-state index in [9.17, 15) is 14.4 Å². The number of carboxylic acids is 1. The van der Waals surface area contributed by atoms with Crippen LogP contribution in [0.3, 0.4) is 0 Å². The Labute approximate surface area is 106 Å². The summed E-state index contributed by atoms with van der Waals surface area (Å²) in [6.07, 6.45) is 5.26. The highest BCUT2D eigenvalue weighted by Gasteiger charge is 2.30. The van der Waals surface area contributed by atoms with E-state index >= 15 is 0 Å². The Hall–Kier alpha value is -1.69. The molecule has 0 saturated carbocycles. The molecule has 2 atom stereocenters. The standard InChI is InChI=1S/C12H20N2O4/c1-2-3-4-5-6-9(15)8(7-10(13)16)11(14)12(17)18/h5-6,8,11H,2-4,7,14H2,1H3,(H2,13,16)(H,17,18). The van der Waals surface area contributed by atoms with Crippen molar-refractivity contribution in [3.63, 3.8) is 0 Å². The normalized spacial score (nSPS) is 14.3. The summed E-state index contributed by atoms with van der Waals surface area (Å²) in [5.41, 5.74) is 10.4. The highest BCUT2D eigenvalue weighted by molar-refractivity contribution is 5.98. The van der Waals surface area contributed by atoms with Gasteiger partial charge in [-0.1, -0.05) is 25.8 Å². The summed E-state index contributed by atoms with van der Waals surface area (Å²) in [5, 5.41) is 8.77. The fourth-order valence-corrected chi connectivity index (χ4v) is 1.44.